The van der Waals surface area contributed by atoms with Gasteiger partial charge in [-0.25, -0.2) is 9.48 Å². The van der Waals surface area contributed by atoms with Crippen molar-refractivity contribution in [3.8, 4) is 5.88 Å². The number of likely N-dealkylation sites (tertiary alicyclic amines) is 1. The van der Waals surface area contributed by atoms with Crippen LogP contribution >= 0.6 is 0 Å². The largest absolute Gasteiger partial charge is 0.480 e. The monoisotopic (exact) mass is 526 g/mol. The molecule has 2 amide bonds. The van der Waals surface area contributed by atoms with Crippen molar-refractivity contribution in [2.75, 3.05) is 13.2 Å². The second-order valence-electron chi connectivity index (χ2n) is 13.0. The topological polar surface area (TPSA) is 114 Å². The van der Waals surface area contributed by atoms with Gasteiger partial charge in [-0.15, -0.1) is 0 Å². The van der Waals surface area contributed by atoms with Crippen LogP contribution in [0, 0.1) is 35.0 Å². The van der Waals surface area contributed by atoms with Crippen LogP contribution in [0.25, 0.3) is 6.20 Å². The summed E-state index contributed by atoms with van der Waals surface area (Å²) < 4.78 is 7.60. The van der Waals surface area contributed by atoms with E-state index >= 15 is 0 Å². The molecule has 6 rings (SSSR count). The number of carboxylic acids is 1. The van der Waals surface area contributed by atoms with Crippen LogP contribution in [0.2, 0.25) is 0 Å². The highest BCUT2D eigenvalue weighted by molar-refractivity contribution is 5.96. The number of nitrogens with zero attached hydrogens (tertiary/aromatic N) is 3. The predicted octanol–water partition coefficient (Wildman–Crippen LogP) is 4.04. The Labute approximate surface area is 225 Å². The maximum absolute atomic E-state index is 13.5. The van der Waals surface area contributed by atoms with Gasteiger partial charge in [0.05, 0.1) is 18.2 Å². The molecule has 0 spiro atoms. The molecular weight excluding hydrogens is 484 g/mol. The quantitative estimate of drug-likeness (QED) is 0.502. The van der Waals surface area contributed by atoms with Gasteiger partial charge >= 0.3 is 5.97 Å². The van der Waals surface area contributed by atoms with E-state index in [2.05, 4.69) is 10.4 Å². The molecule has 0 unspecified atom stereocenters. The Morgan fingerprint density at radius 2 is 1.82 bits per heavy atom. The van der Waals surface area contributed by atoms with Gasteiger partial charge in [0.15, 0.2) is 0 Å². The summed E-state index contributed by atoms with van der Waals surface area (Å²) in [5, 5.41) is 17.3. The normalized spacial score (nSPS) is 30.4. The molecule has 2 heterocycles. The molecule has 4 bridgehead atoms. The van der Waals surface area contributed by atoms with E-state index in [1.807, 2.05) is 13.8 Å². The number of carbonyl (C=O) groups is 3. The maximum Gasteiger partial charge on any atom is 0.326 e. The Balaban J connectivity index is 1.33. The summed E-state index contributed by atoms with van der Waals surface area (Å²) in [5.41, 5.74) is -0.555. The number of aromatic nitrogens is 2. The zero-order valence-electron chi connectivity index (χ0n) is 23.1. The number of aliphatic carboxylic acids is 1. The van der Waals surface area contributed by atoms with Gasteiger partial charge in [-0.1, -0.05) is 19.9 Å². The number of carbonyl (C=O) groups excluding carboxylic acids is 2. The number of ether oxygens (including phenoxy) is 1. The molecule has 1 aromatic heterocycles. The van der Waals surface area contributed by atoms with Gasteiger partial charge in [-0.2, -0.15) is 5.10 Å². The molecule has 0 aromatic carbocycles. The molecule has 9 heteroatoms. The number of amides is 2. The molecule has 9 nitrogen and oxygen atoms in total. The van der Waals surface area contributed by atoms with Crippen molar-refractivity contribution in [3.63, 3.8) is 0 Å². The fourth-order valence-electron chi connectivity index (χ4n) is 7.36. The van der Waals surface area contributed by atoms with Crippen LogP contribution in [0.15, 0.2) is 12.3 Å². The number of hydrogen-bond donors (Lipinski definition) is 2. The standard InChI is InChI=1S/C29H42N4O5/c1-17(2)16-38-26-22(25(34)31-24-20-11-18-10-19(13-20)14-21(24)12-18)15-30-33(26)9-7-29(3,4)28(37)32-8-5-6-23(32)27(35)36/h7,9,15,17-21,23-24H,5-6,8,10-14,16H2,1-4H3,(H,31,34)(H,35,36)/t18?,19?,20?,21?,23-,24?/m0/s1. The number of carboxylic acid groups (broad SMARTS) is 1. The first-order valence-corrected chi connectivity index (χ1v) is 14.3. The minimum absolute atomic E-state index is 0.155. The van der Waals surface area contributed by atoms with E-state index < -0.39 is 17.4 Å². The number of nitrogens with one attached hydrogen (secondary N) is 1. The van der Waals surface area contributed by atoms with Crippen LogP contribution in [-0.4, -0.2) is 62.8 Å². The van der Waals surface area contributed by atoms with E-state index in [9.17, 15) is 19.5 Å². The van der Waals surface area contributed by atoms with E-state index in [1.54, 1.807) is 32.3 Å². The van der Waals surface area contributed by atoms with Crippen molar-refractivity contribution < 1.29 is 24.2 Å². The average molecular weight is 527 g/mol. The molecule has 4 aliphatic carbocycles. The second kappa shape index (κ2) is 10.4. The lowest BCUT2D eigenvalue weighted by molar-refractivity contribution is -0.151. The summed E-state index contributed by atoms with van der Waals surface area (Å²) in [6.45, 7) is 8.48. The van der Waals surface area contributed by atoms with Gasteiger partial charge in [-0.05, 0) is 88.4 Å². The first-order chi connectivity index (χ1) is 18.0. The van der Waals surface area contributed by atoms with Gasteiger partial charge in [0.25, 0.3) is 5.91 Å². The number of hydrogen-bond acceptors (Lipinski definition) is 5. The highest BCUT2D eigenvalue weighted by Crippen LogP contribution is 2.53. The fourth-order valence-corrected chi connectivity index (χ4v) is 7.36. The third-order valence-corrected chi connectivity index (χ3v) is 9.05. The van der Waals surface area contributed by atoms with E-state index in [-0.39, 0.29) is 23.8 Å². The van der Waals surface area contributed by atoms with E-state index in [4.69, 9.17) is 4.74 Å². The van der Waals surface area contributed by atoms with E-state index in [1.165, 1.54) is 41.7 Å². The molecule has 208 valence electrons. The minimum atomic E-state index is -0.970. The molecule has 2 N–H and O–H groups in total. The summed E-state index contributed by atoms with van der Waals surface area (Å²) in [6, 6.07) is -0.573. The lowest BCUT2D eigenvalue weighted by Crippen LogP contribution is -2.55. The SMILES string of the molecule is CC(C)COc1c(C(=O)NC2C3CC4CC(C3)CC2C4)cnn1C=CC(C)(C)C(=O)N1CCC[C@H]1C(=O)O. The molecule has 38 heavy (non-hydrogen) atoms. The summed E-state index contributed by atoms with van der Waals surface area (Å²) in [5.74, 6) is 2.05. The first-order valence-electron chi connectivity index (χ1n) is 14.3. The van der Waals surface area contributed by atoms with Crippen molar-refractivity contribution in [1.29, 1.82) is 0 Å². The smallest absolute Gasteiger partial charge is 0.326 e. The molecule has 1 saturated heterocycles. The number of rotatable bonds is 9. The van der Waals surface area contributed by atoms with Crippen molar-refractivity contribution in [2.24, 2.45) is 35.0 Å². The summed E-state index contributed by atoms with van der Waals surface area (Å²) in [4.78, 5) is 39.8. The van der Waals surface area contributed by atoms with Gasteiger partial charge in [-0.3, -0.25) is 9.59 Å². The second-order valence-corrected chi connectivity index (χ2v) is 13.0. The maximum atomic E-state index is 13.5. The molecule has 4 saturated carbocycles. The Bertz CT molecular complexity index is 1080. The Morgan fingerprint density at radius 1 is 1.16 bits per heavy atom. The lowest BCUT2D eigenvalue weighted by Gasteiger charge is -2.54. The van der Waals surface area contributed by atoms with Crippen LogP contribution in [-0.2, 0) is 9.59 Å². The van der Waals surface area contributed by atoms with Crippen LogP contribution in [0.5, 0.6) is 5.88 Å². The van der Waals surface area contributed by atoms with Crippen molar-refractivity contribution >= 4 is 24.0 Å². The predicted molar refractivity (Wildman–Crippen MR) is 142 cm³/mol. The van der Waals surface area contributed by atoms with Gasteiger partial charge < -0.3 is 20.1 Å². The van der Waals surface area contributed by atoms with Crippen molar-refractivity contribution in [3.05, 3.63) is 17.8 Å². The molecule has 1 atom stereocenters. The van der Waals surface area contributed by atoms with Crippen LogP contribution in [0.1, 0.15) is 83.0 Å². The lowest BCUT2D eigenvalue weighted by atomic mass is 9.54. The molecule has 5 aliphatic rings. The van der Waals surface area contributed by atoms with Gasteiger partial charge in [0, 0.05) is 18.8 Å². The van der Waals surface area contributed by atoms with Crippen LogP contribution in [0.4, 0.5) is 0 Å². The summed E-state index contributed by atoms with van der Waals surface area (Å²) >= 11 is 0. The zero-order chi connectivity index (χ0) is 27.2. The first kappa shape index (κ1) is 26.8. The zero-order valence-corrected chi connectivity index (χ0v) is 23.1. The molecule has 1 aromatic rings. The van der Waals surface area contributed by atoms with Crippen LogP contribution in [0.3, 0.4) is 0 Å². The molecular formula is C29H42N4O5. The van der Waals surface area contributed by atoms with Crippen molar-refractivity contribution in [2.45, 2.75) is 84.7 Å². The van der Waals surface area contributed by atoms with Crippen LogP contribution < -0.4 is 10.1 Å². The van der Waals surface area contributed by atoms with Gasteiger partial charge in [0.1, 0.15) is 11.6 Å². The van der Waals surface area contributed by atoms with E-state index in [0.29, 0.717) is 49.3 Å². The summed E-state index contributed by atoms with van der Waals surface area (Å²) in [7, 11) is 0. The highest BCUT2D eigenvalue weighted by atomic mass is 16.5. The Hall–Kier alpha value is -2.84. The molecule has 0 radical (unpaired) electrons. The molecule has 1 aliphatic heterocycles. The Morgan fingerprint density at radius 3 is 2.42 bits per heavy atom. The summed E-state index contributed by atoms with van der Waals surface area (Å²) in [6.07, 6.45) is 12.3. The average Bonchev–Trinajstić information content (AvgIpc) is 3.50. The fraction of sp³-hybridized carbons (Fsp3) is 0.724. The highest BCUT2D eigenvalue weighted by Gasteiger charge is 2.49. The van der Waals surface area contributed by atoms with Crippen molar-refractivity contribution in [1.82, 2.24) is 20.0 Å². The van der Waals surface area contributed by atoms with E-state index in [0.717, 1.165) is 11.8 Å². The molecule has 5 fully saturated rings. The minimum Gasteiger partial charge on any atom is -0.480 e. The van der Waals surface area contributed by atoms with Gasteiger partial charge in [0.2, 0.25) is 11.8 Å². The third-order valence-electron chi connectivity index (χ3n) is 9.05. The third kappa shape index (κ3) is 5.21. The Kier molecular flexibility index (Phi) is 7.31.